The standard InChI is InChI=1S/C13H16INO3S/c14-11-7-9(8-19-11)13(18)15-6-2-1-3-10(15)4-5-12(16)17/h7-8,10H,1-6H2,(H,16,17). The van der Waals surface area contributed by atoms with E-state index in [0.29, 0.717) is 6.42 Å². The monoisotopic (exact) mass is 393 g/mol. The fourth-order valence-electron chi connectivity index (χ4n) is 2.45. The molecule has 0 radical (unpaired) electrons. The number of nitrogens with zero attached hydrogens (tertiary/aromatic N) is 1. The van der Waals surface area contributed by atoms with Crippen LogP contribution in [-0.2, 0) is 4.79 Å². The van der Waals surface area contributed by atoms with Crippen LogP contribution in [0.5, 0.6) is 0 Å². The third-order valence-corrected chi connectivity index (χ3v) is 5.18. The van der Waals surface area contributed by atoms with Gasteiger partial charge in [-0.15, -0.1) is 11.3 Å². The Morgan fingerprint density at radius 2 is 2.26 bits per heavy atom. The number of piperidine rings is 1. The molecule has 0 saturated carbocycles. The molecule has 4 nitrogen and oxygen atoms in total. The van der Waals surface area contributed by atoms with Crippen molar-refractivity contribution in [2.45, 2.75) is 38.1 Å². The Morgan fingerprint density at radius 3 is 2.89 bits per heavy atom. The minimum absolute atomic E-state index is 0.0502. The Bertz CT molecular complexity index is 474. The van der Waals surface area contributed by atoms with Gasteiger partial charge >= 0.3 is 5.97 Å². The molecule has 0 aliphatic carbocycles. The summed E-state index contributed by atoms with van der Waals surface area (Å²) in [6, 6.07) is 1.98. The molecule has 6 heteroatoms. The second-order valence-electron chi connectivity index (χ2n) is 4.72. The molecule has 1 aromatic heterocycles. The first-order valence-corrected chi connectivity index (χ1v) is 8.30. The lowest BCUT2D eigenvalue weighted by Gasteiger charge is -2.35. The number of thiophene rings is 1. The number of aliphatic carboxylic acids is 1. The van der Waals surface area contributed by atoms with E-state index in [9.17, 15) is 9.59 Å². The summed E-state index contributed by atoms with van der Waals surface area (Å²) in [5.74, 6) is -0.739. The minimum Gasteiger partial charge on any atom is -0.481 e. The van der Waals surface area contributed by atoms with Gasteiger partial charge in [0.2, 0.25) is 0 Å². The van der Waals surface area contributed by atoms with Crippen LogP contribution in [0, 0.1) is 2.88 Å². The third kappa shape index (κ3) is 3.92. The van der Waals surface area contributed by atoms with Gasteiger partial charge in [-0.2, -0.15) is 0 Å². The molecule has 1 aliphatic heterocycles. The molecule has 1 unspecified atom stereocenters. The predicted octanol–water partition coefficient (Wildman–Crippen LogP) is 3.21. The lowest BCUT2D eigenvalue weighted by molar-refractivity contribution is -0.137. The van der Waals surface area contributed by atoms with Crippen molar-refractivity contribution in [1.29, 1.82) is 0 Å². The van der Waals surface area contributed by atoms with E-state index in [2.05, 4.69) is 22.6 Å². The Morgan fingerprint density at radius 1 is 1.47 bits per heavy atom. The van der Waals surface area contributed by atoms with Crippen LogP contribution >= 0.6 is 33.9 Å². The smallest absolute Gasteiger partial charge is 0.303 e. The maximum absolute atomic E-state index is 12.4. The Kier molecular flexibility index (Phi) is 5.20. The quantitative estimate of drug-likeness (QED) is 0.800. The molecule has 1 saturated heterocycles. The van der Waals surface area contributed by atoms with E-state index in [1.165, 1.54) is 0 Å². The van der Waals surface area contributed by atoms with E-state index < -0.39 is 5.97 Å². The van der Waals surface area contributed by atoms with E-state index in [1.54, 1.807) is 11.3 Å². The van der Waals surface area contributed by atoms with Crippen molar-refractivity contribution in [1.82, 2.24) is 4.90 Å². The maximum atomic E-state index is 12.4. The van der Waals surface area contributed by atoms with Gasteiger partial charge in [-0.1, -0.05) is 0 Å². The molecule has 1 atom stereocenters. The van der Waals surface area contributed by atoms with E-state index >= 15 is 0 Å². The molecule has 0 bridgehead atoms. The van der Waals surface area contributed by atoms with Crippen LogP contribution in [0.3, 0.4) is 0 Å². The first kappa shape index (κ1) is 14.8. The Labute approximate surface area is 129 Å². The average molecular weight is 393 g/mol. The fourth-order valence-corrected chi connectivity index (χ4v) is 3.77. The molecule has 2 rings (SSSR count). The number of carbonyl (C=O) groups is 2. The van der Waals surface area contributed by atoms with Crippen LogP contribution in [0.1, 0.15) is 42.5 Å². The van der Waals surface area contributed by atoms with Gasteiger partial charge in [0, 0.05) is 24.4 Å². The lowest BCUT2D eigenvalue weighted by Crippen LogP contribution is -2.43. The molecular formula is C13H16INO3S. The summed E-state index contributed by atoms with van der Waals surface area (Å²) >= 11 is 3.77. The molecule has 104 valence electrons. The fraction of sp³-hybridized carbons (Fsp3) is 0.538. The number of amides is 1. The molecule has 1 aliphatic rings. The van der Waals surface area contributed by atoms with Gasteiger partial charge in [0.05, 0.1) is 8.45 Å². The Balaban J connectivity index is 2.06. The summed E-state index contributed by atoms with van der Waals surface area (Å²) in [4.78, 5) is 25.0. The number of halogens is 1. The summed E-state index contributed by atoms with van der Waals surface area (Å²) in [7, 11) is 0. The van der Waals surface area contributed by atoms with Crippen LogP contribution in [0.15, 0.2) is 11.4 Å². The van der Waals surface area contributed by atoms with E-state index in [0.717, 1.165) is 34.3 Å². The highest BCUT2D eigenvalue weighted by Gasteiger charge is 2.28. The third-order valence-electron chi connectivity index (χ3n) is 3.39. The van der Waals surface area contributed by atoms with Crippen LogP contribution in [0.4, 0.5) is 0 Å². The first-order chi connectivity index (χ1) is 9.08. The summed E-state index contributed by atoms with van der Waals surface area (Å²) in [6.07, 6.45) is 3.70. The van der Waals surface area contributed by atoms with Crippen LogP contribution in [-0.4, -0.2) is 34.5 Å². The lowest BCUT2D eigenvalue weighted by atomic mass is 9.97. The maximum Gasteiger partial charge on any atom is 0.303 e. The predicted molar refractivity (Wildman–Crippen MR) is 82.6 cm³/mol. The molecule has 0 aromatic carbocycles. The SMILES string of the molecule is O=C(O)CCC1CCCCN1C(=O)c1csc(I)c1. The van der Waals surface area contributed by atoms with Crippen LogP contribution in [0.25, 0.3) is 0 Å². The van der Waals surface area contributed by atoms with Crippen molar-refractivity contribution >= 4 is 45.8 Å². The van der Waals surface area contributed by atoms with Gasteiger partial charge in [0.25, 0.3) is 5.91 Å². The molecule has 1 amide bonds. The summed E-state index contributed by atoms with van der Waals surface area (Å²) in [5.41, 5.74) is 0.733. The largest absolute Gasteiger partial charge is 0.481 e. The van der Waals surface area contributed by atoms with Gasteiger partial charge in [0.1, 0.15) is 0 Å². The topological polar surface area (TPSA) is 57.6 Å². The van der Waals surface area contributed by atoms with Crippen molar-refractivity contribution < 1.29 is 14.7 Å². The Hall–Kier alpha value is -0.630. The highest BCUT2D eigenvalue weighted by atomic mass is 127. The van der Waals surface area contributed by atoms with Gasteiger partial charge < -0.3 is 10.0 Å². The van der Waals surface area contributed by atoms with Crippen molar-refractivity contribution in [2.24, 2.45) is 0 Å². The highest BCUT2D eigenvalue weighted by Crippen LogP contribution is 2.25. The van der Waals surface area contributed by atoms with Crippen molar-refractivity contribution in [3.63, 3.8) is 0 Å². The molecule has 0 spiro atoms. The number of likely N-dealkylation sites (tertiary alicyclic amines) is 1. The van der Waals surface area contributed by atoms with E-state index in [4.69, 9.17) is 5.11 Å². The molecule has 1 N–H and O–H groups in total. The molecule has 2 heterocycles. The van der Waals surface area contributed by atoms with Crippen molar-refractivity contribution in [3.05, 3.63) is 19.9 Å². The molecule has 1 aromatic rings. The highest BCUT2D eigenvalue weighted by molar-refractivity contribution is 14.1. The summed E-state index contributed by atoms with van der Waals surface area (Å²) in [6.45, 7) is 0.746. The summed E-state index contributed by atoms with van der Waals surface area (Å²) < 4.78 is 1.10. The number of carbonyl (C=O) groups excluding carboxylic acids is 1. The van der Waals surface area contributed by atoms with Crippen LogP contribution < -0.4 is 0 Å². The molecular weight excluding hydrogens is 377 g/mol. The average Bonchev–Trinajstić information content (AvgIpc) is 2.82. The molecule has 1 fully saturated rings. The minimum atomic E-state index is -0.789. The van der Waals surface area contributed by atoms with Crippen molar-refractivity contribution in [3.8, 4) is 0 Å². The zero-order chi connectivity index (χ0) is 13.8. The number of hydrogen-bond donors (Lipinski definition) is 1. The van der Waals surface area contributed by atoms with Crippen LogP contribution in [0.2, 0.25) is 0 Å². The number of carboxylic acids is 1. The zero-order valence-corrected chi connectivity index (χ0v) is 13.4. The van der Waals surface area contributed by atoms with Gasteiger partial charge in [-0.05, 0) is 54.3 Å². The second-order valence-corrected chi connectivity index (χ2v) is 7.53. The van der Waals surface area contributed by atoms with Crippen molar-refractivity contribution in [2.75, 3.05) is 6.54 Å². The molecule has 19 heavy (non-hydrogen) atoms. The van der Waals surface area contributed by atoms with Gasteiger partial charge in [-0.3, -0.25) is 9.59 Å². The first-order valence-electron chi connectivity index (χ1n) is 6.34. The zero-order valence-electron chi connectivity index (χ0n) is 10.5. The van der Waals surface area contributed by atoms with E-state index in [-0.39, 0.29) is 18.4 Å². The number of rotatable bonds is 4. The van der Waals surface area contributed by atoms with Gasteiger partial charge in [-0.25, -0.2) is 0 Å². The second kappa shape index (κ2) is 6.69. The number of carboxylic acid groups (broad SMARTS) is 1. The normalized spacial score (nSPS) is 19.4. The summed E-state index contributed by atoms with van der Waals surface area (Å²) in [5, 5.41) is 10.7. The number of hydrogen-bond acceptors (Lipinski definition) is 3. The van der Waals surface area contributed by atoms with E-state index in [1.807, 2.05) is 16.3 Å². The van der Waals surface area contributed by atoms with Gasteiger partial charge in [0.15, 0.2) is 0 Å².